The van der Waals surface area contributed by atoms with Gasteiger partial charge in [0.1, 0.15) is 6.23 Å². The fourth-order valence-electron chi connectivity index (χ4n) is 2.16. The lowest BCUT2D eigenvalue weighted by Crippen LogP contribution is -2.17. The van der Waals surface area contributed by atoms with Crippen LogP contribution in [0.1, 0.15) is 18.6 Å². The van der Waals surface area contributed by atoms with E-state index in [4.69, 9.17) is 4.74 Å². The molecule has 3 nitrogen and oxygen atoms in total. The third kappa shape index (κ3) is 1.44. The SMILES string of the molecule is CC1NCC(c2c[nH]c3ccccc23)O1. The van der Waals surface area contributed by atoms with Gasteiger partial charge < -0.3 is 9.72 Å². The summed E-state index contributed by atoms with van der Waals surface area (Å²) in [6, 6.07) is 8.32. The second-order valence-corrected chi connectivity index (χ2v) is 3.96. The van der Waals surface area contributed by atoms with Crippen molar-refractivity contribution < 1.29 is 4.74 Å². The smallest absolute Gasteiger partial charge is 0.106 e. The van der Waals surface area contributed by atoms with Crippen LogP contribution < -0.4 is 5.32 Å². The molecule has 0 saturated carbocycles. The van der Waals surface area contributed by atoms with Crippen LogP contribution in [-0.2, 0) is 4.74 Å². The number of fused-ring (bicyclic) bond motifs is 1. The highest BCUT2D eigenvalue weighted by atomic mass is 16.5. The summed E-state index contributed by atoms with van der Waals surface area (Å²) >= 11 is 0. The highest BCUT2D eigenvalue weighted by Gasteiger charge is 2.24. The van der Waals surface area contributed by atoms with Crippen molar-refractivity contribution in [3.8, 4) is 0 Å². The molecule has 0 radical (unpaired) electrons. The van der Waals surface area contributed by atoms with E-state index in [0.29, 0.717) is 0 Å². The number of hydrogen-bond acceptors (Lipinski definition) is 2. The van der Waals surface area contributed by atoms with Gasteiger partial charge in [-0.25, -0.2) is 0 Å². The van der Waals surface area contributed by atoms with Crippen LogP contribution in [0.2, 0.25) is 0 Å². The van der Waals surface area contributed by atoms with Gasteiger partial charge >= 0.3 is 0 Å². The van der Waals surface area contributed by atoms with Gasteiger partial charge in [-0.2, -0.15) is 0 Å². The molecule has 15 heavy (non-hydrogen) atoms. The average molecular weight is 202 g/mol. The summed E-state index contributed by atoms with van der Waals surface area (Å²) in [5.74, 6) is 0. The number of benzene rings is 1. The number of H-pyrrole nitrogens is 1. The minimum atomic E-state index is 0.156. The Morgan fingerprint density at radius 3 is 3.00 bits per heavy atom. The van der Waals surface area contributed by atoms with Crippen molar-refractivity contribution in [2.24, 2.45) is 0 Å². The van der Waals surface area contributed by atoms with Crippen molar-refractivity contribution in [3.63, 3.8) is 0 Å². The fraction of sp³-hybridized carbons (Fsp3) is 0.333. The average Bonchev–Trinajstić information content (AvgIpc) is 2.83. The number of aromatic nitrogens is 1. The van der Waals surface area contributed by atoms with E-state index in [0.717, 1.165) is 6.54 Å². The summed E-state index contributed by atoms with van der Waals surface area (Å²) < 4.78 is 5.78. The van der Waals surface area contributed by atoms with E-state index in [1.807, 2.05) is 13.0 Å². The molecule has 0 bridgehead atoms. The molecule has 1 aromatic heterocycles. The van der Waals surface area contributed by atoms with Crippen molar-refractivity contribution in [2.45, 2.75) is 19.3 Å². The summed E-state index contributed by atoms with van der Waals surface area (Å²) in [6.45, 7) is 2.93. The minimum Gasteiger partial charge on any atom is -0.361 e. The van der Waals surface area contributed by atoms with Crippen molar-refractivity contribution in [1.29, 1.82) is 0 Å². The molecular formula is C12H14N2O. The second-order valence-electron chi connectivity index (χ2n) is 3.96. The zero-order chi connectivity index (χ0) is 10.3. The normalized spacial score (nSPS) is 26.2. The van der Waals surface area contributed by atoms with Crippen LogP contribution in [0.25, 0.3) is 10.9 Å². The van der Waals surface area contributed by atoms with E-state index >= 15 is 0 Å². The van der Waals surface area contributed by atoms with Crippen LogP contribution in [-0.4, -0.2) is 17.8 Å². The largest absolute Gasteiger partial charge is 0.361 e. The molecular weight excluding hydrogens is 188 g/mol. The highest BCUT2D eigenvalue weighted by molar-refractivity contribution is 5.83. The zero-order valence-electron chi connectivity index (χ0n) is 8.66. The van der Waals surface area contributed by atoms with E-state index in [9.17, 15) is 0 Å². The van der Waals surface area contributed by atoms with Crippen LogP contribution in [0.15, 0.2) is 30.5 Å². The van der Waals surface area contributed by atoms with Crippen molar-refractivity contribution >= 4 is 10.9 Å². The lowest BCUT2D eigenvalue weighted by molar-refractivity contribution is 0.0537. The molecule has 2 aromatic rings. The Kier molecular flexibility index (Phi) is 2.01. The maximum absolute atomic E-state index is 5.78. The molecule has 1 aliphatic heterocycles. The number of rotatable bonds is 1. The van der Waals surface area contributed by atoms with Crippen molar-refractivity contribution in [2.75, 3.05) is 6.54 Å². The van der Waals surface area contributed by atoms with Gasteiger partial charge in [0, 0.05) is 29.2 Å². The first kappa shape index (κ1) is 8.95. The maximum Gasteiger partial charge on any atom is 0.106 e. The molecule has 3 heteroatoms. The third-order valence-electron chi connectivity index (χ3n) is 2.93. The highest BCUT2D eigenvalue weighted by Crippen LogP contribution is 2.29. The first-order chi connectivity index (χ1) is 7.34. The summed E-state index contributed by atoms with van der Waals surface area (Å²) in [4.78, 5) is 3.27. The first-order valence-electron chi connectivity index (χ1n) is 5.29. The molecule has 0 amide bonds. The van der Waals surface area contributed by atoms with E-state index < -0.39 is 0 Å². The van der Waals surface area contributed by atoms with E-state index in [2.05, 4.69) is 34.7 Å². The molecule has 1 aliphatic rings. The van der Waals surface area contributed by atoms with Gasteiger partial charge in [0.2, 0.25) is 0 Å². The molecule has 1 aromatic carbocycles. The molecule has 2 N–H and O–H groups in total. The monoisotopic (exact) mass is 202 g/mol. The van der Waals surface area contributed by atoms with Crippen molar-refractivity contribution in [1.82, 2.24) is 10.3 Å². The quantitative estimate of drug-likeness (QED) is 0.743. The Morgan fingerprint density at radius 2 is 2.20 bits per heavy atom. The van der Waals surface area contributed by atoms with Crippen LogP contribution in [0.4, 0.5) is 0 Å². The predicted molar refractivity (Wildman–Crippen MR) is 59.6 cm³/mol. The summed E-state index contributed by atoms with van der Waals surface area (Å²) in [6.07, 6.45) is 2.38. The number of ether oxygens (including phenoxy) is 1. The standard InChI is InChI=1S/C12H14N2O/c1-8-13-7-12(15-8)10-6-14-11-5-3-2-4-9(10)11/h2-6,8,12-14H,7H2,1H3. The van der Waals surface area contributed by atoms with E-state index in [1.54, 1.807) is 0 Å². The number of nitrogens with one attached hydrogen (secondary N) is 2. The zero-order valence-corrected chi connectivity index (χ0v) is 8.66. The van der Waals surface area contributed by atoms with Gasteiger partial charge in [-0.1, -0.05) is 18.2 Å². The number of hydrogen-bond donors (Lipinski definition) is 2. The molecule has 1 fully saturated rings. The molecule has 0 spiro atoms. The summed E-state index contributed by atoms with van der Waals surface area (Å²) in [5, 5.41) is 4.55. The van der Waals surface area contributed by atoms with E-state index in [1.165, 1.54) is 16.5 Å². The van der Waals surface area contributed by atoms with Gasteiger partial charge in [-0.05, 0) is 13.0 Å². The van der Waals surface area contributed by atoms with Gasteiger partial charge in [-0.3, -0.25) is 5.32 Å². The summed E-state index contributed by atoms with van der Waals surface area (Å²) in [7, 11) is 0. The van der Waals surface area contributed by atoms with Crippen LogP contribution in [0.5, 0.6) is 0 Å². The Labute approximate surface area is 88.4 Å². The number of para-hydroxylation sites is 1. The third-order valence-corrected chi connectivity index (χ3v) is 2.93. The summed E-state index contributed by atoms with van der Waals surface area (Å²) in [5.41, 5.74) is 2.43. The lowest BCUT2D eigenvalue weighted by Gasteiger charge is -2.08. The molecule has 2 atom stereocenters. The molecule has 3 rings (SSSR count). The van der Waals surface area contributed by atoms with Crippen LogP contribution >= 0.6 is 0 Å². The Hall–Kier alpha value is -1.32. The predicted octanol–water partition coefficient (Wildman–Crippen LogP) is 2.17. The van der Waals surface area contributed by atoms with Crippen LogP contribution in [0, 0.1) is 0 Å². The van der Waals surface area contributed by atoms with E-state index in [-0.39, 0.29) is 12.3 Å². The molecule has 0 aliphatic carbocycles. The maximum atomic E-state index is 5.78. The van der Waals surface area contributed by atoms with Gasteiger partial charge in [0.15, 0.2) is 0 Å². The number of aromatic amines is 1. The molecule has 2 unspecified atom stereocenters. The minimum absolute atomic E-state index is 0.156. The van der Waals surface area contributed by atoms with Crippen molar-refractivity contribution in [3.05, 3.63) is 36.0 Å². The Morgan fingerprint density at radius 1 is 1.33 bits per heavy atom. The second kappa shape index (κ2) is 3.36. The topological polar surface area (TPSA) is 37.0 Å². The lowest BCUT2D eigenvalue weighted by atomic mass is 10.1. The first-order valence-corrected chi connectivity index (χ1v) is 5.29. The fourth-order valence-corrected chi connectivity index (χ4v) is 2.16. The van der Waals surface area contributed by atoms with Gasteiger partial charge in [0.05, 0.1) is 6.10 Å². The van der Waals surface area contributed by atoms with Crippen LogP contribution in [0.3, 0.4) is 0 Å². The molecule has 1 saturated heterocycles. The molecule has 2 heterocycles. The van der Waals surface area contributed by atoms with Gasteiger partial charge in [-0.15, -0.1) is 0 Å². The molecule has 78 valence electrons. The Bertz CT molecular complexity index is 477. The van der Waals surface area contributed by atoms with Gasteiger partial charge in [0.25, 0.3) is 0 Å². The Balaban J connectivity index is 2.04.